The number of nitrogens with one attached hydrogen (secondary N) is 1. The molecule has 2 heterocycles. The summed E-state index contributed by atoms with van der Waals surface area (Å²) in [6.07, 6.45) is -1.11. The summed E-state index contributed by atoms with van der Waals surface area (Å²) in [7, 11) is 0. The minimum Gasteiger partial charge on any atom is -0.444 e. The number of rotatable bonds is 7. The van der Waals surface area contributed by atoms with Crippen LogP contribution in [0.5, 0.6) is 0 Å². The van der Waals surface area contributed by atoms with Gasteiger partial charge in [-0.25, -0.2) is 32.3 Å². The molecule has 0 radical (unpaired) electrons. The number of carbonyl (C=O) groups excluding carboxylic acids is 4. The maximum atomic E-state index is 15.0. The number of hydrogen-bond acceptors (Lipinski definition) is 8. The molecule has 12 nitrogen and oxygen atoms in total. The van der Waals surface area contributed by atoms with Gasteiger partial charge in [0.25, 0.3) is 11.8 Å². The van der Waals surface area contributed by atoms with Crippen molar-refractivity contribution < 1.29 is 41.5 Å². The molecule has 50 heavy (non-hydrogen) atoms. The number of anilines is 2. The van der Waals surface area contributed by atoms with E-state index in [4.69, 9.17) is 4.74 Å². The Labute approximate surface area is 284 Å². The van der Waals surface area contributed by atoms with Crippen molar-refractivity contribution in [2.75, 3.05) is 22.9 Å². The van der Waals surface area contributed by atoms with Gasteiger partial charge in [-0.1, -0.05) is 24.3 Å². The molecule has 4 amide bonds. The van der Waals surface area contributed by atoms with Gasteiger partial charge < -0.3 is 10.1 Å². The Morgan fingerprint density at radius 2 is 1.76 bits per heavy atom. The highest BCUT2D eigenvalue weighted by molar-refractivity contribution is 6.10. The van der Waals surface area contributed by atoms with Crippen molar-refractivity contribution in [3.8, 4) is 6.07 Å². The molecule has 2 fully saturated rings. The number of amides is 4. The molecule has 262 valence electrons. The normalized spacial score (nSPS) is 18.1. The van der Waals surface area contributed by atoms with Crippen LogP contribution >= 0.6 is 0 Å². The number of piperazine rings is 1. The highest BCUT2D eigenvalue weighted by Crippen LogP contribution is 2.39. The van der Waals surface area contributed by atoms with E-state index < -0.39 is 103 Å². The first-order chi connectivity index (χ1) is 23.5. The lowest BCUT2D eigenvalue weighted by Gasteiger charge is -2.43. The highest BCUT2D eigenvalue weighted by atomic mass is 19.3. The van der Waals surface area contributed by atoms with Crippen molar-refractivity contribution in [2.45, 2.75) is 70.2 Å². The standard InChI is InChI=1S/C34H33F4N7O5/c1-19-7-5-6-8-25(19)28(29(47)41-23-14-34(37,38)15-23)44(24-12-20(35)11-21(36)13-24)30(48)26-17-43(32(49)50-33(2,3)4)18-27(46)45(26)31-40-10-9-22(16-39)42-31/h5-13,23,26,28H,14-15,17-18H2,1-4H3,(H,41,47). The predicted molar refractivity (Wildman–Crippen MR) is 170 cm³/mol. The van der Waals surface area contributed by atoms with E-state index in [1.165, 1.54) is 18.3 Å². The average Bonchev–Trinajstić information content (AvgIpc) is 3.01. The van der Waals surface area contributed by atoms with Crippen LogP contribution in [0.25, 0.3) is 0 Å². The minimum atomic E-state index is -3.01. The lowest BCUT2D eigenvalue weighted by molar-refractivity contribution is -0.133. The zero-order valence-corrected chi connectivity index (χ0v) is 27.5. The predicted octanol–water partition coefficient (Wildman–Crippen LogP) is 4.58. The number of aromatic nitrogens is 2. The molecule has 2 aromatic carbocycles. The quantitative estimate of drug-likeness (QED) is 0.354. The molecule has 2 unspecified atom stereocenters. The molecular formula is C34H33F4N7O5. The lowest BCUT2D eigenvalue weighted by Crippen LogP contribution is -2.65. The molecule has 1 aliphatic heterocycles. The molecule has 3 aromatic rings. The average molecular weight is 696 g/mol. The van der Waals surface area contributed by atoms with Crippen molar-refractivity contribution >= 4 is 35.5 Å². The van der Waals surface area contributed by atoms with Gasteiger partial charge in [0.2, 0.25) is 17.8 Å². The summed E-state index contributed by atoms with van der Waals surface area (Å²) in [5.74, 6) is -8.58. The number of benzene rings is 2. The van der Waals surface area contributed by atoms with Gasteiger partial charge in [-0.2, -0.15) is 5.26 Å². The first kappa shape index (κ1) is 35.7. The minimum absolute atomic E-state index is 0.165. The van der Waals surface area contributed by atoms with Crippen LogP contribution in [0, 0.1) is 29.9 Å². The van der Waals surface area contributed by atoms with Crippen molar-refractivity contribution in [1.29, 1.82) is 5.26 Å². The maximum Gasteiger partial charge on any atom is 0.410 e. The molecule has 1 aliphatic carbocycles. The first-order valence-electron chi connectivity index (χ1n) is 15.5. The fraction of sp³-hybridized carbons (Fsp3) is 0.382. The van der Waals surface area contributed by atoms with Gasteiger partial charge in [0.1, 0.15) is 47.6 Å². The number of hydrogen-bond donors (Lipinski definition) is 1. The van der Waals surface area contributed by atoms with Crippen LogP contribution in [0.1, 0.15) is 56.5 Å². The van der Waals surface area contributed by atoms with Crippen LogP contribution in [-0.2, 0) is 19.1 Å². The van der Waals surface area contributed by atoms with Crippen LogP contribution in [-0.4, -0.2) is 75.4 Å². The zero-order valence-electron chi connectivity index (χ0n) is 27.5. The largest absolute Gasteiger partial charge is 0.444 e. The molecule has 2 atom stereocenters. The molecule has 1 N–H and O–H groups in total. The molecule has 1 saturated carbocycles. The second kappa shape index (κ2) is 13.7. The van der Waals surface area contributed by atoms with Crippen molar-refractivity contribution in [1.82, 2.24) is 20.2 Å². The highest BCUT2D eigenvalue weighted by Gasteiger charge is 2.49. The maximum absolute atomic E-state index is 15.0. The molecule has 0 bridgehead atoms. The molecular weight excluding hydrogens is 662 g/mol. The van der Waals surface area contributed by atoms with E-state index >= 15 is 4.79 Å². The van der Waals surface area contributed by atoms with Crippen molar-refractivity contribution in [3.63, 3.8) is 0 Å². The number of ether oxygens (including phenoxy) is 1. The van der Waals surface area contributed by atoms with E-state index in [0.717, 1.165) is 26.8 Å². The number of nitrogens with zero attached hydrogens (tertiary/aromatic N) is 6. The Bertz CT molecular complexity index is 1850. The molecule has 5 rings (SSSR count). The number of alkyl halides is 2. The summed E-state index contributed by atoms with van der Waals surface area (Å²) in [5.41, 5.74) is -0.989. The summed E-state index contributed by atoms with van der Waals surface area (Å²) >= 11 is 0. The SMILES string of the molecule is Cc1ccccc1C(C(=O)NC1CC(F)(F)C1)N(C(=O)C1CN(C(=O)OC(C)(C)C)CC(=O)N1c1nccc(C#N)n1)c1cc(F)cc(F)c1. The van der Waals surface area contributed by atoms with Gasteiger partial charge in [-0.15, -0.1) is 0 Å². The van der Waals surface area contributed by atoms with Gasteiger partial charge in [-0.05, 0) is 57.0 Å². The monoisotopic (exact) mass is 695 g/mol. The van der Waals surface area contributed by atoms with E-state index in [0.29, 0.717) is 11.6 Å². The van der Waals surface area contributed by atoms with Crippen LogP contribution in [0.3, 0.4) is 0 Å². The van der Waals surface area contributed by atoms with Crippen molar-refractivity contribution in [3.05, 3.63) is 83.2 Å². The second-order valence-corrected chi connectivity index (χ2v) is 13.1. The number of halogens is 4. The smallest absolute Gasteiger partial charge is 0.410 e. The topological polar surface area (TPSA) is 149 Å². The van der Waals surface area contributed by atoms with Crippen LogP contribution in [0.2, 0.25) is 0 Å². The van der Waals surface area contributed by atoms with E-state index in [-0.39, 0.29) is 11.3 Å². The summed E-state index contributed by atoms with van der Waals surface area (Å²) in [4.78, 5) is 66.9. The van der Waals surface area contributed by atoms with Gasteiger partial charge in [0.05, 0.1) is 12.2 Å². The van der Waals surface area contributed by atoms with E-state index in [1.54, 1.807) is 45.9 Å². The second-order valence-electron chi connectivity index (χ2n) is 13.1. The van der Waals surface area contributed by atoms with E-state index in [1.807, 2.05) is 6.07 Å². The summed E-state index contributed by atoms with van der Waals surface area (Å²) in [6, 6.07) is 7.07. The van der Waals surface area contributed by atoms with Crippen LogP contribution in [0.15, 0.2) is 54.7 Å². The summed E-state index contributed by atoms with van der Waals surface area (Å²) in [6.45, 7) is 5.23. The molecule has 1 saturated heterocycles. The fourth-order valence-corrected chi connectivity index (χ4v) is 5.78. The Morgan fingerprint density at radius 1 is 1.10 bits per heavy atom. The number of nitriles is 1. The van der Waals surface area contributed by atoms with Gasteiger partial charge in [-0.3, -0.25) is 29.1 Å². The number of carbonyl (C=O) groups is 4. The van der Waals surface area contributed by atoms with Crippen LogP contribution < -0.4 is 15.1 Å². The summed E-state index contributed by atoms with van der Waals surface area (Å²) < 4.78 is 62.8. The lowest BCUT2D eigenvalue weighted by atomic mass is 9.87. The van der Waals surface area contributed by atoms with Gasteiger partial charge in [0, 0.05) is 31.1 Å². The third-order valence-corrected chi connectivity index (χ3v) is 8.00. The Hall–Kier alpha value is -5.59. The Kier molecular flexibility index (Phi) is 9.81. The zero-order chi connectivity index (χ0) is 36.5. The molecule has 2 aliphatic rings. The first-order valence-corrected chi connectivity index (χ1v) is 15.5. The third kappa shape index (κ3) is 7.82. The molecule has 16 heteroatoms. The third-order valence-electron chi connectivity index (χ3n) is 8.00. The van der Waals surface area contributed by atoms with Gasteiger partial charge in [0.15, 0.2) is 0 Å². The van der Waals surface area contributed by atoms with E-state index in [9.17, 15) is 37.2 Å². The molecule has 0 spiro atoms. The Morgan fingerprint density at radius 3 is 2.36 bits per heavy atom. The van der Waals surface area contributed by atoms with Crippen LogP contribution in [0.4, 0.5) is 34.0 Å². The molecule has 1 aromatic heterocycles. The Balaban J connectivity index is 1.69. The summed E-state index contributed by atoms with van der Waals surface area (Å²) in [5, 5.41) is 12.0. The van der Waals surface area contributed by atoms with E-state index in [2.05, 4.69) is 15.3 Å². The fourth-order valence-electron chi connectivity index (χ4n) is 5.78. The van der Waals surface area contributed by atoms with Crippen molar-refractivity contribution in [2.24, 2.45) is 0 Å². The number of aryl methyl sites for hydroxylation is 1. The van der Waals surface area contributed by atoms with Gasteiger partial charge >= 0.3 is 6.09 Å².